The number of benzene rings is 2. The second kappa shape index (κ2) is 8.94. The zero-order valence-corrected chi connectivity index (χ0v) is 15.4. The van der Waals surface area contributed by atoms with Crippen LogP contribution in [-0.4, -0.2) is 33.7 Å². The highest BCUT2D eigenvalue weighted by Gasteiger charge is 2.29. The Hall–Kier alpha value is -2.78. The van der Waals surface area contributed by atoms with E-state index in [4.69, 9.17) is 5.11 Å². The molecule has 2 aromatic carbocycles. The Kier molecular flexibility index (Phi) is 6.37. The van der Waals surface area contributed by atoms with Crippen molar-refractivity contribution < 1.29 is 18.3 Å². The summed E-state index contributed by atoms with van der Waals surface area (Å²) in [6, 6.07) is 17.1. The Labute approximate surface area is 164 Å². The highest BCUT2D eigenvalue weighted by Crippen LogP contribution is 2.37. The van der Waals surface area contributed by atoms with E-state index in [0.717, 1.165) is 5.56 Å². The Morgan fingerprint density at radius 1 is 0.964 bits per heavy atom. The number of thioether (sulfide) groups is 1. The first-order valence-electron chi connectivity index (χ1n) is 8.35. The van der Waals surface area contributed by atoms with Gasteiger partial charge in [0.15, 0.2) is 0 Å². The number of anilines is 3. The number of aliphatic hydroxyl groups excluding tert-OH is 1. The highest BCUT2D eigenvalue weighted by molar-refractivity contribution is 8.00. The maximum absolute atomic E-state index is 12.6. The molecular weight excluding hydrogens is 389 g/mol. The van der Waals surface area contributed by atoms with Gasteiger partial charge in [-0.15, -0.1) is 0 Å². The van der Waals surface area contributed by atoms with Crippen LogP contribution in [-0.2, 0) is 0 Å². The predicted octanol–water partition coefficient (Wildman–Crippen LogP) is 4.90. The van der Waals surface area contributed by atoms with E-state index in [-0.39, 0.29) is 29.8 Å². The topological polar surface area (TPSA) is 70.1 Å². The summed E-state index contributed by atoms with van der Waals surface area (Å²) in [5, 5.41) is 14.9. The number of hydrogen-bond acceptors (Lipinski definition) is 6. The quantitative estimate of drug-likeness (QED) is 0.485. The third kappa shape index (κ3) is 5.86. The first kappa shape index (κ1) is 20.0. The van der Waals surface area contributed by atoms with E-state index in [0.29, 0.717) is 23.1 Å². The maximum atomic E-state index is 12.6. The number of nitrogens with zero attached hydrogens (tertiary/aromatic N) is 2. The minimum atomic E-state index is -4.35. The van der Waals surface area contributed by atoms with Crippen LogP contribution in [0, 0.1) is 0 Å². The predicted molar refractivity (Wildman–Crippen MR) is 105 cm³/mol. The molecule has 0 aliphatic heterocycles. The van der Waals surface area contributed by atoms with Crippen LogP contribution >= 0.6 is 11.8 Å². The van der Waals surface area contributed by atoms with E-state index < -0.39 is 5.51 Å². The number of aliphatic hydroxyl groups is 1. The van der Waals surface area contributed by atoms with Gasteiger partial charge in [0.2, 0.25) is 5.95 Å². The van der Waals surface area contributed by atoms with Gasteiger partial charge in [-0.1, -0.05) is 36.4 Å². The van der Waals surface area contributed by atoms with Crippen LogP contribution in [0.4, 0.5) is 30.6 Å². The third-order valence-electron chi connectivity index (χ3n) is 3.53. The second-order valence-corrected chi connectivity index (χ2v) is 6.82. The van der Waals surface area contributed by atoms with Gasteiger partial charge in [-0.3, -0.25) is 0 Å². The van der Waals surface area contributed by atoms with E-state index in [2.05, 4.69) is 20.6 Å². The summed E-state index contributed by atoms with van der Waals surface area (Å²) >= 11 is -0.173. The van der Waals surface area contributed by atoms with E-state index in [9.17, 15) is 13.2 Å². The zero-order chi connectivity index (χ0) is 20.0. The fraction of sp³-hybridized carbons (Fsp3) is 0.158. The lowest BCUT2D eigenvalue weighted by Crippen LogP contribution is -2.10. The molecule has 28 heavy (non-hydrogen) atoms. The lowest BCUT2D eigenvalue weighted by Gasteiger charge is -2.12. The van der Waals surface area contributed by atoms with Gasteiger partial charge < -0.3 is 15.7 Å². The van der Waals surface area contributed by atoms with Gasteiger partial charge in [-0.2, -0.15) is 18.2 Å². The van der Waals surface area contributed by atoms with E-state index in [1.54, 1.807) is 18.2 Å². The summed E-state index contributed by atoms with van der Waals surface area (Å²) in [7, 11) is 0. The van der Waals surface area contributed by atoms with E-state index in [1.165, 1.54) is 12.1 Å². The standard InChI is InChI=1S/C19H17F3N4OS/c20-19(21,22)28-15-8-4-7-14(11-15)24-17-12-16(13-5-2-1-3-6-13)25-18(26-17)23-9-10-27/h1-8,11-12,27H,9-10H2,(H2,23,24,25,26). The van der Waals surface area contributed by atoms with Crippen molar-refractivity contribution in [1.82, 2.24) is 9.97 Å². The summed E-state index contributed by atoms with van der Waals surface area (Å²) < 4.78 is 37.8. The molecule has 0 aliphatic carbocycles. The van der Waals surface area contributed by atoms with Crippen LogP contribution in [0.15, 0.2) is 65.6 Å². The lowest BCUT2D eigenvalue weighted by atomic mass is 10.1. The fourth-order valence-corrected chi connectivity index (χ4v) is 3.03. The SMILES string of the molecule is OCCNc1nc(Nc2cccc(SC(F)(F)F)c2)cc(-c2ccccc2)n1. The molecule has 0 saturated carbocycles. The molecule has 9 heteroatoms. The molecule has 3 aromatic rings. The van der Waals surface area contributed by atoms with Crippen molar-refractivity contribution in [3.05, 3.63) is 60.7 Å². The molecule has 3 rings (SSSR count). The molecule has 3 N–H and O–H groups in total. The Balaban J connectivity index is 1.89. The highest BCUT2D eigenvalue weighted by atomic mass is 32.2. The number of hydrogen-bond donors (Lipinski definition) is 3. The molecule has 0 spiro atoms. The van der Waals surface area contributed by atoms with Crippen molar-refractivity contribution in [2.75, 3.05) is 23.8 Å². The van der Waals surface area contributed by atoms with Crippen LogP contribution < -0.4 is 10.6 Å². The number of alkyl halides is 3. The molecule has 0 fully saturated rings. The van der Waals surface area contributed by atoms with Crippen LogP contribution in [0.5, 0.6) is 0 Å². The van der Waals surface area contributed by atoms with Gasteiger partial charge in [0.1, 0.15) is 5.82 Å². The Morgan fingerprint density at radius 3 is 2.46 bits per heavy atom. The summed E-state index contributed by atoms with van der Waals surface area (Å²) in [6.07, 6.45) is 0. The van der Waals surface area contributed by atoms with Crippen molar-refractivity contribution in [2.24, 2.45) is 0 Å². The van der Waals surface area contributed by atoms with Crippen LogP contribution in [0.2, 0.25) is 0 Å². The normalized spacial score (nSPS) is 11.3. The van der Waals surface area contributed by atoms with E-state index in [1.807, 2.05) is 30.3 Å². The third-order valence-corrected chi connectivity index (χ3v) is 4.25. The molecule has 0 unspecified atom stereocenters. The van der Waals surface area contributed by atoms with Crippen LogP contribution in [0.3, 0.4) is 0 Å². The first-order chi connectivity index (χ1) is 13.4. The molecule has 0 amide bonds. The summed E-state index contributed by atoms with van der Waals surface area (Å²) in [6.45, 7) is 0.188. The Morgan fingerprint density at radius 2 is 1.75 bits per heavy atom. The van der Waals surface area contributed by atoms with Crippen LogP contribution in [0.25, 0.3) is 11.3 Å². The molecule has 5 nitrogen and oxygen atoms in total. The summed E-state index contributed by atoms with van der Waals surface area (Å²) in [5.74, 6) is 0.724. The number of nitrogens with one attached hydrogen (secondary N) is 2. The van der Waals surface area contributed by atoms with Crippen LogP contribution in [0.1, 0.15) is 0 Å². The fourth-order valence-electron chi connectivity index (χ4n) is 2.43. The number of aromatic nitrogens is 2. The molecule has 0 radical (unpaired) electrons. The average Bonchev–Trinajstić information content (AvgIpc) is 2.66. The summed E-state index contributed by atoms with van der Waals surface area (Å²) in [5.41, 5.74) is -2.38. The minimum Gasteiger partial charge on any atom is -0.395 e. The van der Waals surface area contributed by atoms with E-state index >= 15 is 0 Å². The smallest absolute Gasteiger partial charge is 0.395 e. The zero-order valence-electron chi connectivity index (χ0n) is 14.6. The van der Waals surface area contributed by atoms with Gasteiger partial charge in [-0.05, 0) is 30.0 Å². The molecule has 0 bridgehead atoms. The monoisotopic (exact) mass is 406 g/mol. The van der Waals surface area contributed by atoms with Gasteiger partial charge in [0.25, 0.3) is 0 Å². The second-order valence-electron chi connectivity index (χ2n) is 5.68. The van der Waals surface area contributed by atoms with Gasteiger partial charge in [0, 0.05) is 28.8 Å². The van der Waals surface area contributed by atoms with Crippen molar-refractivity contribution in [2.45, 2.75) is 10.4 Å². The average molecular weight is 406 g/mol. The van der Waals surface area contributed by atoms with Gasteiger partial charge in [0.05, 0.1) is 12.3 Å². The molecule has 0 aliphatic rings. The van der Waals surface area contributed by atoms with Crippen molar-refractivity contribution in [1.29, 1.82) is 0 Å². The molecule has 0 atom stereocenters. The molecule has 1 aromatic heterocycles. The van der Waals surface area contributed by atoms with Gasteiger partial charge >= 0.3 is 5.51 Å². The van der Waals surface area contributed by atoms with Crippen molar-refractivity contribution >= 4 is 29.2 Å². The van der Waals surface area contributed by atoms with Crippen molar-refractivity contribution in [3.63, 3.8) is 0 Å². The molecule has 0 saturated heterocycles. The minimum absolute atomic E-state index is 0.0773. The first-order valence-corrected chi connectivity index (χ1v) is 9.17. The molecular formula is C19H17F3N4OS. The molecule has 1 heterocycles. The Bertz CT molecular complexity index is 923. The largest absolute Gasteiger partial charge is 0.446 e. The number of halogens is 3. The maximum Gasteiger partial charge on any atom is 0.446 e. The van der Waals surface area contributed by atoms with Gasteiger partial charge in [-0.25, -0.2) is 4.98 Å². The molecule has 146 valence electrons. The summed E-state index contributed by atoms with van der Waals surface area (Å²) in [4.78, 5) is 8.82. The van der Waals surface area contributed by atoms with Crippen molar-refractivity contribution in [3.8, 4) is 11.3 Å². The lowest BCUT2D eigenvalue weighted by molar-refractivity contribution is -0.0328. The number of rotatable bonds is 7.